The van der Waals surface area contributed by atoms with Crippen molar-refractivity contribution in [1.29, 1.82) is 0 Å². The van der Waals surface area contributed by atoms with Crippen LogP contribution in [0.4, 0.5) is 5.69 Å². The number of carbonyl (C=O) groups is 1. The molecule has 7 heteroatoms. The zero-order valence-electron chi connectivity index (χ0n) is 15.5. The zero-order valence-corrected chi connectivity index (χ0v) is 17.1. The first kappa shape index (κ1) is 20.4. The van der Waals surface area contributed by atoms with Crippen LogP contribution in [-0.2, 0) is 9.84 Å². The molecule has 2 aromatic carbocycles. The van der Waals surface area contributed by atoms with E-state index in [0.717, 1.165) is 12.8 Å². The Balaban J connectivity index is 1.86. The number of hydrogen-bond acceptors (Lipinski definition) is 4. The number of nitrogens with zero attached hydrogens (tertiary/aromatic N) is 1. The Bertz CT molecular complexity index is 953. The second-order valence-electron chi connectivity index (χ2n) is 6.60. The van der Waals surface area contributed by atoms with Crippen molar-refractivity contribution in [1.82, 2.24) is 0 Å². The summed E-state index contributed by atoms with van der Waals surface area (Å²) in [4.78, 5) is 14.7. The van der Waals surface area contributed by atoms with Crippen molar-refractivity contribution in [3.8, 4) is 5.75 Å². The van der Waals surface area contributed by atoms with Crippen molar-refractivity contribution in [2.45, 2.75) is 25.8 Å². The molecule has 3 rings (SSSR count). The first-order chi connectivity index (χ1) is 13.4. The number of unbranched alkanes of at least 4 members (excludes halogenated alkanes) is 1. The summed E-state index contributed by atoms with van der Waals surface area (Å²) in [5, 5.41) is 1.71. The fourth-order valence-corrected chi connectivity index (χ4v) is 4.34. The quantitative estimate of drug-likeness (QED) is 0.621. The number of carbonyl (C=O) groups excluding carboxylic acids is 1. The molecule has 0 saturated heterocycles. The molecule has 1 aliphatic heterocycles. The number of sulfone groups is 1. The molecular weight excluding hydrogens is 398 g/mol. The third kappa shape index (κ3) is 4.94. The summed E-state index contributed by atoms with van der Waals surface area (Å²) in [6.45, 7) is 2.72. The summed E-state index contributed by atoms with van der Waals surface area (Å²) >= 11 is 5.96. The van der Waals surface area contributed by atoms with Gasteiger partial charge in [0.25, 0.3) is 5.91 Å². The highest BCUT2D eigenvalue weighted by Gasteiger charge is 2.32. The predicted molar refractivity (Wildman–Crippen MR) is 112 cm³/mol. The van der Waals surface area contributed by atoms with Crippen LogP contribution in [0.3, 0.4) is 0 Å². The molecule has 0 aromatic heterocycles. The molecule has 148 valence electrons. The van der Waals surface area contributed by atoms with Gasteiger partial charge in [-0.1, -0.05) is 24.9 Å². The van der Waals surface area contributed by atoms with E-state index in [1.165, 1.54) is 10.3 Å². The van der Waals surface area contributed by atoms with E-state index in [2.05, 4.69) is 6.92 Å². The smallest absolute Gasteiger partial charge is 0.258 e. The minimum Gasteiger partial charge on any atom is -0.494 e. The van der Waals surface area contributed by atoms with Crippen molar-refractivity contribution < 1.29 is 17.9 Å². The minimum atomic E-state index is -3.31. The maximum Gasteiger partial charge on any atom is 0.258 e. The Morgan fingerprint density at radius 1 is 1.14 bits per heavy atom. The lowest BCUT2D eigenvalue weighted by Crippen LogP contribution is -2.41. The van der Waals surface area contributed by atoms with Crippen LogP contribution in [0.2, 0.25) is 5.02 Å². The molecule has 1 heterocycles. The monoisotopic (exact) mass is 419 g/mol. The Morgan fingerprint density at radius 3 is 2.39 bits per heavy atom. The summed E-state index contributed by atoms with van der Waals surface area (Å²) in [7, 11) is -3.31. The Hall–Kier alpha value is -2.31. The summed E-state index contributed by atoms with van der Waals surface area (Å²) in [5.41, 5.74) is 1.04. The van der Waals surface area contributed by atoms with E-state index >= 15 is 0 Å². The van der Waals surface area contributed by atoms with Crippen LogP contribution in [0, 0.1) is 0 Å². The average molecular weight is 420 g/mol. The van der Waals surface area contributed by atoms with Crippen LogP contribution < -0.4 is 9.64 Å². The van der Waals surface area contributed by atoms with Gasteiger partial charge in [0, 0.05) is 21.7 Å². The summed E-state index contributed by atoms with van der Waals surface area (Å²) in [5.74, 6) is 0.278. The van der Waals surface area contributed by atoms with Crippen LogP contribution in [0.25, 0.3) is 0 Å². The van der Waals surface area contributed by atoms with Gasteiger partial charge in [0.15, 0.2) is 9.84 Å². The Morgan fingerprint density at radius 2 is 1.82 bits per heavy atom. The first-order valence-electron chi connectivity index (χ1n) is 9.12. The van der Waals surface area contributed by atoms with Crippen molar-refractivity contribution in [2.75, 3.05) is 17.3 Å². The molecule has 1 aliphatic rings. The third-order valence-electron chi connectivity index (χ3n) is 4.43. The summed E-state index contributed by atoms with van der Waals surface area (Å²) in [6.07, 6.45) is 3.56. The van der Waals surface area contributed by atoms with E-state index < -0.39 is 15.9 Å². The molecule has 0 fully saturated rings. The van der Waals surface area contributed by atoms with Crippen molar-refractivity contribution in [3.05, 3.63) is 70.6 Å². The van der Waals surface area contributed by atoms with E-state index in [4.69, 9.17) is 16.3 Å². The minimum absolute atomic E-state index is 0.139. The van der Waals surface area contributed by atoms with Crippen molar-refractivity contribution in [2.24, 2.45) is 0 Å². The molecular formula is C21H22ClNO4S. The van der Waals surface area contributed by atoms with Crippen LogP contribution >= 0.6 is 11.6 Å². The molecule has 0 bridgehead atoms. The van der Waals surface area contributed by atoms with Gasteiger partial charge in [-0.15, -0.1) is 0 Å². The Kier molecular flexibility index (Phi) is 6.42. The second-order valence-corrected chi connectivity index (χ2v) is 8.97. The topological polar surface area (TPSA) is 63.7 Å². The lowest BCUT2D eigenvalue weighted by molar-refractivity contribution is 0.0983. The molecule has 1 amide bonds. The van der Waals surface area contributed by atoms with Gasteiger partial charge in [0.1, 0.15) is 5.75 Å². The van der Waals surface area contributed by atoms with Crippen molar-refractivity contribution >= 4 is 33.0 Å². The second kappa shape index (κ2) is 8.80. The molecule has 0 spiro atoms. The molecule has 28 heavy (non-hydrogen) atoms. The van der Waals surface area contributed by atoms with Crippen LogP contribution in [0.1, 0.15) is 30.1 Å². The SMILES string of the molecule is CCCCOc1ccc(C(=O)N(c2ccc(Cl)cc2)C2C=CS(=O)(=O)C2)cc1. The molecule has 5 nitrogen and oxygen atoms in total. The maximum absolute atomic E-state index is 13.2. The molecule has 0 radical (unpaired) electrons. The fraction of sp³-hybridized carbons (Fsp3) is 0.286. The number of halogens is 1. The largest absolute Gasteiger partial charge is 0.494 e. The number of benzene rings is 2. The van der Waals surface area contributed by atoms with Gasteiger partial charge >= 0.3 is 0 Å². The molecule has 2 aromatic rings. The van der Waals surface area contributed by atoms with E-state index in [0.29, 0.717) is 28.6 Å². The normalized spacial score (nSPS) is 17.4. The van der Waals surface area contributed by atoms with Gasteiger partial charge < -0.3 is 9.64 Å². The molecule has 0 N–H and O–H groups in total. The molecule has 0 saturated carbocycles. The third-order valence-corrected chi connectivity index (χ3v) is 6.06. The zero-order chi connectivity index (χ0) is 20.1. The van der Waals surface area contributed by atoms with Gasteiger partial charge in [-0.25, -0.2) is 8.42 Å². The van der Waals surface area contributed by atoms with Crippen LogP contribution in [-0.4, -0.2) is 32.7 Å². The van der Waals surface area contributed by atoms with Gasteiger partial charge in [0.05, 0.1) is 18.4 Å². The molecule has 1 atom stereocenters. The number of hydrogen-bond donors (Lipinski definition) is 0. The highest BCUT2D eigenvalue weighted by Crippen LogP contribution is 2.27. The fourth-order valence-electron chi connectivity index (χ4n) is 2.95. The van der Waals surface area contributed by atoms with Gasteiger partial charge in [-0.2, -0.15) is 0 Å². The summed E-state index contributed by atoms with van der Waals surface area (Å²) < 4.78 is 29.4. The molecule has 1 unspecified atom stereocenters. The predicted octanol–water partition coefficient (Wildman–Crippen LogP) is 4.48. The van der Waals surface area contributed by atoms with Gasteiger partial charge in [-0.3, -0.25) is 4.79 Å². The van der Waals surface area contributed by atoms with E-state index in [-0.39, 0.29) is 11.7 Å². The lowest BCUT2D eigenvalue weighted by Gasteiger charge is -2.28. The van der Waals surface area contributed by atoms with E-state index in [9.17, 15) is 13.2 Å². The number of anilines is 1. The standard InChI is InChI=1S/C21H22ClNO4S/c1-2-3-13-27-20-10-4-16(5-11-20)21(24)23(18-8-6-17(22)7-9-18)19-12-14-28(25,26)15-19/h4-12,14,19H,2-3,13,15H2,1H3. The van der Waals surface area contributed by atoms with Crippen LogP contribution in [0.15, 0.2) is 60.0 Å². The Labute approximate surface area is 170 Å². The van der Waals surface area contributed by atoms with E-state index in [1.807, 2.05) is 0 Å². The van der Waals surface area contributed by atoms with Gasteiger partial charge in [-0.05, 0) is 61.0 Å². The average Bonchev–Trinajstić information content (AvgIpc) is 3.03. The lowest BCUT2D eigenvalue weighted by atomic mass is 10.1. The summed E-state index contributed by atoms with van der Waals surface area (Å²) in [6, 6.07) is 13.1. The molecule has 0 aliphatic carbocycles. The van der Waals surface area contributed by atoms with E-state index in [1.54, 1.807) is 54.6 Å². The highest BCUT2D eigenvalue weighted by molar-refractivity contribution is 7.94. The van der Waals surface area contributed by atoms with Gasteiger partial charge in [0.2, 0.25) is 0 Å². The highest BCUT2D eigenvalue weighted by atomic mass is 35.5. The maximum atomic E-state index is 13.2. The first-order valence-corrected chi connectivity index (χ1v) is 11.2. The number of rotatable bonds is 7. The van der Waals surface area contributed by atoms with Crippen LogP contribution in [0.5, 0.6) is 5.75 Å². The number of ether oxygens (including phenoxy) is 1. The number of amides is 1. The van der Waals surface area contributed by atoms with Crippen molar-refractivity contribution in [3.63, 3.8) is 0 Å².